The van der Waals surface area contributed by atoms with Gasteiger partial charge in [-0.15, -0.1) is 0 Å². The van der Waals surface area contributed by atoms with Gasteiger partial charge in [-0.05, 0) is 54.2 Å². The molecule has 3 aromatic carbocycles. The van der Waals surface area contributed by atoms with E-state index in [-0.39, 0.29) is 18.3 Å². The van der Waals surface area contributed by atoms with Crippen molar-refractivity contribution < 1.29 is 19.2 Å². The van der Waals surface area contributed by atoms with Gasteiger partial charge in [0.1, 0.15) is 12.4 Å². The second-order valence-electron chi connectivity index (χ2n) is 6.87. The quantitative estimate of drug-likeness (QED) is 0.280. The zero-order chi connectivity index (χ0) is 21.3. The number of aryl methyl sites for hydroxylation is 2. The number of ether oxygens (including phenoxy) is 2. The Bertz CT molecular complexity index is 1010. The first kappa shape index (κ1) is 21.0. The number of methoxy groups -OCH3 is 1. The summed E-state index contributed by atoms with van der Waals surface area (Å²) in [6.45, 7) is 0.272. The lowest BCUT2D eigenvalue weighted by Crippen LogP contribution is -2.01. The second kappa shape index (κ2) is 10.2. The summed E-state index contributed by atoms with van der Waals surface area (Å²) in [7, 11) is 1.37. The first-order valence-corrected chi connectivity index (χ1v) is 9.68. The van der Waals surface area contributed by atoms with E-state index in [9.17, 15) is 14.9 Å². The first-order valence-electron chi connectivity index (χ1n) is 9.68. The van der Waals surface area contributed by atoms with Crippen molar-refractivity contribution in [3.63, 3.8) is 0 Å². The van der Waals surface area contributed by atoms with Gasteiger partial charge < -0.3 is 9.47 Å². The van der Waals surface area contributed by atoms with Gasteiger partial charge in [-0.3, -0.25) is 10.1 Å². The average molecular weight is 405 g/mol. The fourth-order valence-corrected chi connectivity index (χ4v) is 3.18. The SMILES string of the molecule is COC(=O)c1ccc(CCCc2ccccc2OCc2cccc([N+](=O)[O-])c2)cc1. The van der Waals surface area contributed by atoms with E-state index in [1.54, 1.807) is 18.2 Å². The Labute approximate surface area is 175 Å². The van der Waals surface area contributed by atoms with Crippen molar-refractivity contribution in [3.05, 3.63) is 105 Å². The van der Waals surface area contributed by atoms with Gasteiger partial charge in [0, 0.05) is 12.1 Å². The summed E-state index contributed by atoms with van der Waals surface area (Å²) in [5, 5.41) is 10.9. The third kappa shape index (κ3) is 5.67. The number of esters is 1. The van der Waals surface area contributed by atoms with E-state index in [2.05, 4.69) is 0 Å². The molecule has 0 amide bonds. The van der Waals surface area contributed by atoms with Crippen LogP contribution in [0.4, 0.5) is 5.69 Å². The standard InChI is InChI=1S/C24H23NO5/c1-29-24(26)21-14-12-18(13-15-21)6-4-9-20-8-2-3-11-23(20)30-17-19-7-5-10-22(16-19)25(27)28/h2-3,5,7-8,10-16H,4,6,9,17H2,1H3. The molecule has 30 heavy (non-hydrogen) atoms. The zero-order valence-corrected chi connectivity index (χ0v) is 16.7. The number of hydrogen-bond donors (Lipinski definition) is 0. The summed E-state index contributed by atoms with van der Waals surface area (Å²) in [6, 6.07) is 21.7. The normalized spacial score (nSPS) is 10.4. The van der Waals surface area contributed by atoms with Gasteiger partial charge in [-0.2, -0.15) is 0 Å². The minimum Gasteiger partial charge on any atom is -0.489 e. The largest absolute Gasteiger partial charge is 0.489 e. The molecule has 0 aliphatic heterocycles. The maximum atomic E-state index is 11.5. The van der Waals surface area contributed by atoms with Gasteiger partial charge in [0.05, 0.1) is 17.6 Å². The van der Waals surface area contributed by atoms with Crippen LogP contribution in [0.25, 0.3) is 0 Å². The molecular formula is C24H23NO5. The fraction of sp³-hybridized carbons (Fsp3) is 0.208. The number of rotatable bonds is 9. The number of para-hydroxylation sites is 1. The van der Waals surface area contributed by atoms with Crippen LogP contribution in [0.2, 0.25) is 0 Å². The van der Waals surface area contributed by atoms with Gasteiger partial charge >= 0.3 is 5.97 Å². The molecule has 0 spiro atoms. The Kier molecular flexibility index (Phi) is 7.16. The molecule has 0 heterocycles. The maximum Gasteiger partial charge on any atom is 0.337 e. The van der Waals surface area contributed by atoms with E-state index in [4.69, 9.17) is 9.47 Å². The second-order valence-corrected chi connectivity index (χ2v) is 6.87. The van der Waals surface area contributed by atoms with Crippen LogP contribution in [-0.2, 0) is 24.2 Å². The van der Waals surface area contributed by atoms with Crippen molar-refractivity contribution in [2.75, 3.05) is 7.11 Å². The molecule has 0 bridgehead atoms. The lowest BCUT2D eigenvalue weighted by atomic mass is 10.0. The molecule has 0 aromatic heterocycles. The number of hydrogen-bond acceptors (Lipinski definition) is 5. The molecule has 3 rings (SSSR count). The summed E-state index contributed by atoms with van der Waals surface area (Å²) < 4.78 is 10.7. The van der Waals surface area contributed by atoms with E-state index in [1.807, 2.05) is 42.5 Å². The van der Waals surface area contributed by atoms with Crippen molar-refractivity contribution >= 4 is 11.7 Å². The molecule has 154 valence electrons. The maximum absolute atomic E-state index is 11.5. The van der Waals surface area contributed by atoms with E-state index in [0.717, 1.165) is 41.7 Å². The summed E-state index contributed by atoms with van der Waals surface area (Å²) in [4.78, 5) is 22.0. The summed E-state index contributed by atoms with van der Waals surface area (Å²) in [5.74, 6) is 0.446. The number of nitro benzene ring substituents is 1. The van der Waals surface area contributed by atoms with Gasteiger partial charge in [-0.1, -0.05) is 42.5 Å². The average Bonchev–Trinajstić information content (AvgIpc) is 2.78. The summed E-state index contributed by atoms with van der Waals surface area (Å²) in [5.41, 5.74) is 3.60. The summed E-state index contributed by atoms with van der Waals surface area (Å²) in [6.07, 6.45) is 2.64. The molecule has 0 aliphatic carbocycles. The highest BCUT2D eigenvalue weighted by Crippen LogP contribution is 2.23. The number of non-ortho nitro benzene ring substituents is 1. The third-order valence-corrected chi connectivity index (χ3v) is 4.77. The molecule has 0 aliphatic rings. The molecule has 0 saturated carbocycles. The van der Waals surface area contributed by atoms with Crippen LogP contribution in [0.15, 0.2) is 72.8 Å². The topological polar surface area (TPSA) is 78.7 Å². The van der Waals surface area contributed by atoms with Crippen LogP contribution >= 0.6 is 0 Å². The van der Waals surface area contributed by atoms with Crippen molar-refractivity contribution in [1.82, 2.24) is 0 Å². The number of nitrogens with zero attached hydrogens (tertiary/aromatic N) is 1. The molecule has 3 aromatic rings. The van der Waals surface area contributed by atoms with Crippen LogP contribution in [0.1, 0.15) is 33.5 Å². The van der Waals surface area contributed by atoms with Crippen LogP contribution in [0, 0.1) is 10.1 Å². The summed E-state index contributed by atoms with van der Waals surface area (Å²) >= 11 is 0. The van der Waals surface area contributed by atoms with Crippen LogP contribution in [0.3, 0.4) is 0 Å². The first-order chi connectivity index (χ1) is 14.6. The zero-order valence-electron chi connectivity index (χ0n) is 16.7. The van der Waals surface area contributed by atoms with Crippen molar-refractivity contribution in [3.8, 4) is 5.75 Å². The number of benzene rings is 3. The van der Waals surface area contributed by atoms with Crippen LogP contribution in [0.5, 0.6) is 5.75 Å². The third-order valence-electron chi connectivity index (χ3n) is 4.77. The van der Waals surface area contributed by atoms with Gasteiger partial charge in [0.25, 0.3) is 5.69 Å². The van der Waals surface area contributed by atoms with Gasteiger partial charge in [-0.25, -0.2) is 4.79 Å². The molecule has 0 unspecified atom stereocenters. The minimum atomic E-state index is -0.408. The van der Waals surface area contributed by atoms with E-state index >= 15 is 0 Å². The highest BCUT2D eigenvalue weighted by Gasteiger charge is 2.08. The Morgan fingerprint density at radius 2 is 1.70 bits per heavy atom. The molecular weight excluding hydrogens is 382 g/mol. The van der Waals surface area contributed by atoms with Crippen molar-refractivity contribution in [2.45, 2.75) is 25.9 Å². The van der Waals surface area contributed by atoms with E-state index in [0.29, 0.717) is 5.56 Å². The minimum absolute atomic E-state index is 0.0580. The molecule has 0 N–H and O–H groups in total. The predicted octanol–water partition coefficient (Wildman–Crippen LogP) is 5.14. The van der Waals surface area contributed by atoms with Gasteiger partial charge in [0.15, 0.2) is 0 Å². The molecule has 0 radical (unpaired) electrons. The molecule has 0 saturated heterocycles. The Hall–Kier alpha value is -3.67. The Morgan fingerprint density at radius 1 is 0.933 bits per heavy atom. The Morgan fingerprint density at radius 3 is 2.43 bits per heavy atom. The lowest BCUT2D eigenvalue weighted by molar-refractivity contribution is -0.384. The van der Waals surface area contributed by atoms with Gasteiger partial charge in [0.2, 0.25) is 0 Å². The molecule has 6 heteroatoms. The smallest absolute Gasteiger partial charge is 0.337 e. The Balaban J connectivity index is 1.57. The fourth-order valence-electron chi connectivity index (χ4n) is 3.18. The number of nitro groups is 1. The molecule has 6 nitrogen and oxygen atoms in total. The van der Waals surface area contributed by atoms with Crippen LogP contribution in [-0.4, -0.2) is 18.0 Å². The molecule has 0 fully saturated rings. The van der Waals surface area contributed by atoms with E-state index < -0.39 is 4.92 Å². The van der Waals surface area contributed by atoms with Crippen molar-refractivity contribution in [1.29, 1.82) is 0 Å². The van der Waals surface area contributed by atoms with Crippen LogP contribution < -0.4 is 4.74 Å². The lowest BCUT2D eigenvalue weighted by Gasteiger charge is -2.12. The highest BCUT2D eigenvalue weighted by atomic mass is 16.6. The van der Waals surface area contributed by atoms with Crippen molar-refractivity contribution in [2.24, 2.45) is 0 Å². The molecule has 0 atom stereocenters. The van der Waals surface area contributed by atoms with E-state index in [1.165, 1.54) is 19.2 Å². The highest BCUT2D eigenvalue weighted by molar-refractivity contribution is 5.89. The predicted molar refractivity (Wildman–Crippen MR) is 114 cm³/mol. The number of carbonyl (C=O) groups excluding carboxylic acids is 1. The number of carbonyl (C=O) groups is 1. The monoisotopic (exact) mass is 405 g/mol.